The quantitative estimate of drug-likeness (QED) is 0.295. The van der Waals surface area contributed by atoms with Crippen molar-refractivity contribution in [3.63, 3.8) is 0 Å². The zero-order valence-electron chi connectivity index (χ0n) is 11.2. The van der Waals surface area contributed by atoms with Gasteiger partial charge in [-0.2, -0.15) is 0 Å². The summed E-state index contributed by atoms with van der Waals surface area (Å²) in [5, 5.41) is 0. The Morgan fingerprint density at radius 1 is 1.29 bits per heavy atom. The molecule has 96 valence electrons. The molecule has 0 unspecified atom stereocenters. The maximum absolute atomic E-state index is 11.7. The van der Waals surface area contributed by atoms with Crippen LogP contribution < -0.4 is 0 Å². The predicted octanol–water partition coefficient (Wildman–Crippen LogP) is 3.38. The maximum atomic E-state index is 11.7. The molecule has 0 aromatic heterocycles. The summed E-state index contributed by atoms with van der Waals surface area (Å²) in [6.07, 6.45) is 5.72. The average molecular weight is 238 g/mol. The van der Waals surface area contributed by atoms with Crippen LogP contribution in [0.15, 0.2) is 36.1 Å². The second kappa shape index (κ2) is 8.62. The average Bonchev–Trinajstić information content (AvgIpc) is 2.21. The highest BCUT2D eigenvalue weighted by Crippen LogP contribution is 2.06. The van der Waals surface area contributed by atoms with E-state index in [0.717, 1.165) is 5.57 Å². The first kappa shape index (κ1) is 15.5. The Kier molecular flexibility index (Phi) is 7.85. The van der Waals surface area contributed by atoms with Crippen LogP contribution in [0.5, 0.6) is 0 Å². The van der Waals surface area contributed by atoms with E-state index in [4.69, 9.17) is 9.47 Å². The van der Waals surface area contributed by atoms with Crippen LogP contribution in [0.2, 0.25) is 0 Å². The van der Waals surface area contributed by atoms with Gasteiger partial charge in [0.1, 0.15) is 6.61 Å². The first-order chi connectivity index (χ1) is 7.97. The highest BCUT2D eigenvalue weighted by molar-refractivity contribution is 5.86. The van der Waals surface area contributed by atoms with Crippen molar-refractivity contribution in [2.45, 2.75) is 40.2 Å². The molecule has 0 fully saturated rings. The second-order valence-electron chi connectivity index (χ2n) is 4.14. The summed E-state index contributed by atoms with van der Waals surface area (Å²) in [6.45, 7) is 11.5. The third-order valence-corrected chi connectivity index (χ3v) is 1.74. The first-order valence-corrected chi connectivity index (χ1v) is 5.75. The summed E-state index contributed by atoms with van der Waals surface area (Å²) < 4.78 is 10.5. The van der Waals surface area contributed by atoms with Crippen molar-refractivity contribution < 1.29 is 14.3 Å². The zero-order valence-corrected chi connectivity index (χ0v) is 11.2. The molecule has 0 aromatic carbocycles. The van der Waals surface area contributed by atoms with Gasteiger partial charge in [0.25, 0.3) is 0 Å². The number of rotatable bonds is 7. The summed E-state index contributed by atoms with van der Waals surface area (Å²) in [6, 6.07) is 0. The van der Waals surface area contributed by atoms with E-state index in [2.05, 4.69) is 6.58 Å². The van der Waals surface area contributed by atoms with E-state index in [1.165, 1.54) is 0 Å². The van der Waals surface area contributed by atoms with E-state index < -0.39 is 5.97 Å². The van der Waals surface area contributed by atoms with Crippen LogP contribution in [0.1, 0.15) is 34.1 Å². The Morgan fingerprint density at radius 2 is 1.94 bits per heavy atom. The van der Waals surface area contributed by atoms with Crippen molar-refractivity contribution >= 4 is 5.97 Å². The van der Waals surface area contributed by atoms with Crippen LogP contribution in [0.25, 0.3) is 0 Å². The number of ether oxygens (including phenoxy) is 2. The molecule has 0 aliphatic rings. The van der Waals surface area contributed by atoms with Crippen molar-refractivity contribution in [1.29, 1.82) is 0 Å². The van der Waals surface area contributed by atoms with Crippen molar-refractivity contribution in [2.75, 3.05) is 6.61 Å². The lowest BCUT2D eigenvalue weighted by Gasteiger charge is -2.11. The minimum Gasteiger partial charge on any atom is -0.483 e. The summed E-state index contributed by atoms with van der Waals surface area (Å²) >= 11 is 0. The van der Waals surface area contributed by atoms with Crippen LogP contribution in [0.3, 0.4) is 0 Å². The molecular formula is C14H22O3. The van der Waals surface area contributed by atoms with Crippen molar-refractivity contribution in [3.05, 3.63) is 36.1 Å². The first-order valence-electron chi connectivity index (χ1n) is 5.75. The van der Waals surface area contributed by atoms with E-state index in [0.29, 0.717) is 13.0 Å². The van der Waals surface area contributed by atoms with Crippen molar-refractivity contribution in [2.24, 2.45) is 0 Å². The van der Waals surface area contributed by atoms with Crippen LogP contribution >= 0.6 is 0 Å². The highest BCUT2D eigenvalue weighted by atomic mass is 16.6. The smallest absolute Gasteiger partial charge is 0.373 e. The van der Waals surface area contributed by atoms with Crippen molar-refractivity contribution in [3.8, 4) is 0 Å². The van der Waals surface area contributed by atoms with Crippen LogP contribution in [-0.4, -0.2) is 18.7 Å². The summed E-state index contributed by atoms with van der Waals surface area (Å²) in [5.74, 6) is -0.180. The molecule has 0 atom stereocenters. The Labute approximate surface area is 104 Å². The Hall–Kier alpha value is -1.51. The van der Waals surface area contributed by atoms with Gasteiger partial charge < -0.3 is 9.47 Å². The lowest BCUT2D eigenvalue weighted by atomic mass is 10.3. The molecule has 0 aliphatic heterocycles. The fourth-order valence-electron chi connectivity index (χ4n) is 0.962. The van der Waals surface area contributed by atoms with Gasteiger partial charge in [-0.05, 0) is 46.3 Å². The highest BCUT2D eigenvalue weighted by Gasteiger charge is 2.13. The van der Waals surface area contributed by atoms with Crippen LogP contribution in [0.4, 0.5) is 0 Å². The number of hydrogen-bond donors (Lipinski definition) is 0. The number of carbonyl (C=O) groups is 1. The lowest BCUT2D eigenvalue weighted by Crippen LogP contribution is -2.15. The summed E-state index contributed by atoms with van der Waals surface area (Å²) in [4.78, 5) is 11.7. The monoisotopic (exact) mass is 238 g/mol. The summed E-state index contributed by atoms with van der Waals surface area (Å²) in [7, 11) is 0. The van der Waals surface area contributed by atoms with E-state index in [1.807, 2.05) is 19.9 Å². The van der Waals surface area contributed by atoms with Gasteiger partial charge in [0.2, 0.25) is 5.76 Å². The molecule has 17 heavy (non-hydrogen) atoms. The fourth-order valence-corrected chi connectivity index (χ4v) is 0.962. The molecule has 0 aliphatic carbocycles. The van der Waals surface area contributed by atoms with Gasteiger partial charge in [0.15, 0.2) is 0 Å². The van der Waals surface area contributed by atoms with E-state index in [1.54, 1.807) is 26.0 Å². The summed E-state index contributed by atoms with van der Waals surface area (Å²) in [5.41, 5.74) is 1.14. The molecule has 0 saturated heterocycles. The third-order valence-electron chi connectivity index (χ3n) is 1.74. The molecule has 0 bridgehead atoms. The number of allylic oxidation sites excluding steroid dienone is 3. The van der Waals surface area contributed by atoms with Gasteiger partial charge in [-0.15, -0.1) is 6.58 Å². The maximum Gasteiger partial charge on any atom is 0.373 e. The fraction of sp³-hybridized carbons (Fsp3) is 0.500. The number of esters is 1. The molecule has 3 heteroatoms. The number of carbonyl (C=O) groups excluding carboxylic acids is 1. The zero-order chi connectivity index (χ0) is 13.3. The molecule has 0 rings (SSSR count). The van der Waals surface area contributed by atoms with E-state index in [9.17, 15) is 4.79 Å². The van der Waals surface area contributed by atoms with Gasteiger partial charge in [-0.3, -0.25) is 0 Å². The van der Waals surface area contributed by atoms with Crippen LogP contribution in [0, 0.1) is 0 Å². The van der Waals surface area contributed by atoms with E-state index >= 15 is 0 Å². The van der Waals surface area contributed by atoms with Crippen molar-refractivity contribution in [1.82, 2.24) is 0 Å². The van der Waals surface area contributed by atoms with Gasteiger partial charge in [0.05, 0.1) is 6.10 Å². The molecule has 3 nitrogen and oxygen atoms in total. The molecule has 0 N–H and O–H groups in total. The van der Waals surface area contributed by atoms with Gasteiger partial charge >= 0.3 is 5.97 Å². The Bertz CT molecular complexity index is 307. The predicted molar refractivity (Wildman–Crippen MR) is 69.5 cm³/mol. The molecule has 0 spiro atoms. The van der Waals surface area contributed by atoms with Gasteiger partial charge in [-0.25, -0.2) is 4.79 Å². The standard InChI is InChI=1S/C14H22O3/c1-6-7-8-13(14(15)17-12(4)5)16-10-9-11(2)3/h6,8-9,12H,1,7,10H2,2-5H3/b13-8-. The second-order valence-corrected chi connectivity index (χ2v) is 4.14. The topological polar surface area (TPSA) is 35.5 Å². The van der Waals surface area contributed by atoms with E-state index in [-0.39, 0.29) is 11.9 Å². The molecular weight excluding hydrogens is 216 g/mol. The molecule has 0 radical (unpaired) electrons. The molecule has 0 aromatic rings. The normalized spacial score (nSPS) is 11.0. The minimum absolute atomic E-state index is 0.151. The van der Waals surface area contributed by atoms with Gasteiger partial charge in [0, 0.05) is 0 Å². The van der Waals surface area contributed by atoms with Crippen LogP contribution in [-0.2, 0) is 14.3 Å². The largest absolute Gasteiger partial charge is 0.483 e. The Morgan fingerprint density at radius 3 is 2.41 bits per heavy atom. The lowest BCUT2D eigenvalue weighted by molar-refractivity contribution is -0.146. The molecule has 0 saturated carbocycles. The van der Waals surface area contributed by atoms with Gasteiger partial charge in [-0.1, -0.05) is 11.6 Å². The SMILES string of the molecule is C=CC/C=C(\OCC=C(C)C)C(=O)OC(C)C. The molecule has 0 amide bonds. The third kappa shape index (κ3) is 8.31. The Balaban J connectivity index is 4.48. The molecule has 0 heterocycles. The minimum atomic E-state index is -0.427. The number of hydrogen-bond acceptors (Lipinski definition) is 3.